The van der Waals surface area contributed by atoms with Crippen LogP contribution in [-0.2, 0) is 17.9 Å². The average molecular weight is 269 g/mol. The molecular formula is C14H15N5O. The van der Waals surface area contributed by atoms with Crippen LogP contribution in [0.2, 0.25) is 0 Å². The van der Waals surface area contributed by atoms with Crippen LogP contribution >= 0.6 is 0 Å². The monoisotopic (exact) mass is 269 g/mol. The summed E-state index contributed by atoms with van der Waals surface area (Å²) in [4.78, 5) is 13.6. The lowest BCUT2D eigenvalue weighted by molar-refractivity contribution is -0.131. The number of rotatable bonds is 4. The van der Waals surface area contributed by atoms with Gasteiger partial charge in [-0.1, -0.05) is 12.1 Å². The van der Waals surface area contributed by atoms with E-state index >= 15 is 0 Å². The van der Waals surface area contributed by atoms with Crippen molar-refractivity contribution < 1.29 is 4.79 Å². The second kappa shape index (κ2) is 5.89. The van der Waals surface area contributed by atoms with E-state index in [1.807, 2.05) is 6.07 Å². The Balaban J connectivity index is 1.98. The standard InChI is InChI=1S/C14H15N5O/c1-18(9-12-4-2-3-11(7-12)8-15)14(20)10-19-6-5-13(16)17-19/h2-7H,9-10H2,1H3,(H2,16,17). The molecule has 1 aromatic carbocycles. The van der Waals surface area contributed by atoms with Crippen LogP contribution in [0.1, 0.15) is 11.1 Å². The third-order valence-corrected chi connectivity index (χ3v) is 2.86. The zero-order valence-electron chi connectivity index (χ0n) is 11.2. The molecule has 0 aliphatic carbocycles. The summed E-state index contributed by atoms with van der Waals surface area (Å²) in [6, 6.07) is 10.9. The van der Waals surface area contributed by atoms with Crippen molar-refractivity contribution in [2.45, 2.75) is 13.1 Å². The third-order valence-electron chi connectivity index (χ3n) is 2.86. The fraction of sp³-hybridized carbons (Fsp3) is 0.214. The fourth-order valence-electron chi connectivity index (χ4n) is 1.83. The minimum atomic E-state index is -0.0736. The lowest BCUT2D eigenvalue weighted by atomic mass is 10.1. The Morgan fingerprint density at radius 1 is 1.50 bits per heavy atom. The summed E-state index contributed by atoms with van der Waals surface area (Å²) in [7, 11) is 1.72. The maximum absolute atomic E-state index is 12.0. The minimum Gasteiger partial charge on any atom is -0.382 e. The molecule has 0 saturated heterocycles. The Labute approximate surface area is 117 Å². The van der Waals surface area contributed by atoms with Crippen molar-refractivity contribution in [1.82, 2.24) is 14.7 Å². The first-order valence-electron chi connectivity index (χ1n) is 6.10. The molecule has 6 heteroatoms. The quantitative estimate of drug-likeness (QED) is 0.896. The van der Waals surface area contributed by atoms with E-state index in [-0.39, 0.29) is 12.5 Å². The molecule has 1 aromatic heterocycles. The Hall–Kier alpha value is -2.81. The predicted molar refractivity (Wildman–Crippen MR) is 74.3 cm³/mol. The second-order valence-electron chi connectivity index (χ2n) is 4.50. The first-order valence-corrected chi connectivity index (χ1v) is 6.10. The number of aromatic nitrogens is 2. The first kappa shape index (κ1) is 13.6. The highest BCUT2D eigenvalue weighted by molar-refractivity contribution is 5.75. The number of carbonyl (C=O) groups is 1. The third kappa shape index (κ3) is 3.36. The zero-order chi connectivity index (χ0) is 14.5. The zero-order valence-corrected chi connectivity index (χ0v) is 11.2. The van der Waals surface area contributed by atoms with Gasteiger partial charge in [-0.3, -0.25) is 9.48 Å². The number of hydrogen-bond donors (Lipinski definition) is 1. The Morgan fingerprint density at radius 3 is 2.95 bits per heavy atom. The van der Waals surface area contributed by atoms with Gasteiger partial charge in [0.25, 0.3) is 0 Å². The topological polar surface area (TPSA) is 87.9 Å². The Bertz CT molecular complexity index is 656. The summed E-state index contributed by atoms with van der Waals surface area (Å²) in [5.41, 5.74) is 7.00. The molecule has 1 heterocycles. The summed E-state index contributed by atoms with van der Waals surface area (Å²) < 4.78 is 1.50. The van der Waals surface area contributed by atoms with Gasteiger partial charge in [0.1, 0.15) is 12.4 Å². The summed E-state index contributed by atoms with van der Waals surface area (Å²) in [5, 5.41) is 12.8. The number of anilines is 1. The van der Waals surface area contributed by atoms with Gasteiger partial charge in [-0.15, -0.1) is 0 Å². The van der Waals surface area contributed by atoms with Gasteiger partial charge in [-0.05, 0) is 23.8 Å². The highest BCUT2D eigenvalue weighted by atomic mass is 16.2. The number of nitrogens with zero attached hydrogens (tertiary/aromatic N) is 4. The molecule has 2 N–H and O–H groups in total. The molecule has 0 radical (unpaired) electrons. The number of benzene rings is 1. The van der Waals surface area contributed by atoms with Crippen LogP contribution in [-0.4, -0.2) is 27.6 Å². The van der Waals surface area contributed by atoms with Crippen molar-refractivity contribution in [3.63, 3.8) is 0 Å². The molecule has 0 bridgehead atoms. The van der Waals surface area contributed by atoms with E-state index in [0.717, 1.165) is 5.56 Å². The van der Waals surface area contributed by atoms with Crippen LogP contribution in [0.5, 0.6) is 0 Å². The van der Waals surface area contributed by atoms with Gasteiger partial charge in [-0.2, -0.15) is 10.4 Å². The van der Waals surface area contributed by atoms with Crippen molar-refractivity contribution in [2.24, 2.45) is 0 Å². The molecule has 6 nitrogen and oxygen atoms in total. The molecular weight excluding hydrogens is 254 g/mol. The van der Waals surface area contributed by atoms with Crippen molar-refractivity contribution in [3.8, 4) is 6.07 Å². The lowest BCUT2D eigenvalue weighted by Gasteiger charge is -2.17. The molecule has 0 aliphatic rings. The molecule has 1 amide bonds. The number of nitrogens with two attached hydrogens (primary N) is 1. The van der Waals surface area contributed by atoms with Crippen LogP contribution in [0, 0.1) is 11.3 Å². The van der Waals surface area contributed by atoms with Gasteiger partial charge in [0.15, 0.2) is 0 Å². The number of nitrogen functional groups attached to an aromatic ring is 1. The molecule has 20 heavy (non-hydrogen) atoms. The molecule has 0 saturated carbocycles. The molecule has 0 unspecified atom stereocenters. The van der Waals surface area contributed by atoms with Crippen LogP contribution in [0.25, 0.3) is 0 Å². The average Bonchev–Trinajstić information content (AvgIpc) is 2.84. The molecule has 0 atom stereocenters. The molecule has 2 rings (SSSR count). The van der Waals surface area contributed by atoms with Crippen molar-refractivity contribution >= 4 is 11.7 Å². The second-order valence-corrected chi connectivity index (χ2v) is 4.50. The number of hydrogen-bond acceptors (Lipinski definition) is 4. The van der Waals surface area contributed by atoms with E-state index in [0.29, 0.717) is 17.9 Å². The summed E-state index contributed by atoms with van der Waals surface area (Å²) in [6.07, 6.45) is 1.66. The fourth-order valence-corrected chi connectivity index (χ4v) is 1.83. The summed E-state index contributed by atoms with van der Waals surface area (Å²) >= 11 is 0. The van der Waals surface area contributed by atoms with Crippen molar-refractivity contribution in [2.75, 3.05) is 12.8 Å². The predicted octanol–water partition coefficient (Wildman–Crippen LogP) is 0.996. The Morgan fingerprint density at radius 2 is 2.30 bits per heavy atom. The van der Waals surface area contributed by atoms with E-state index in [2.05, 4.69) is 11.2 Å². The largest absolute Gasteiger partial charge is 0.382 e. The van der Waals surface area contributed by atoms with Crippen molar-refractivity contribution in [1.29, 1.82) is 5.26 Å². The number of carbonyl (C=O) groups excluding carboxylic acids is 1. The first-order chi connectivity index (χ1) is 9.58. The Kier molecular flexibility index (Phi) is 4.01. The number of nitriles is 1. The van der Waals surface area contributed by atoms with Gasteiger partial charge >= 0.3 is 0 Å². The van der Waals surface area contributed by atoms with E-state index in [1.165, 1.54) is 4.68 Å². The van der Waals surface area contributed by atoms with Crippen LogP contribution in [0.3, 0.4) is 0 Å². The number of amides is 1. The summed E-state index contributed by atoms with van der Waals surface area (Å²) in [5.74, 6) is 0.317. The lowest BCUT2D eigenvalue weighted by Crippen LogP contribution is -2.30. The molecule has 0 fully saturated rings. The van der Waals surface area contributed by atoms with Crippen molar-refractivity contribution in [3.05, 3.63) is 47.7 Å². The smallest absolute Gasteiger partial charge is 0.244 e. The van der Waals surface area contributed by atoms with E-state index in [1.54, 1.807) is 42.4 Å². The minimum absolute atomic E-state index is 0.0736. The van der Waals surface area contributed by atoms with Crippen LogP contribution in [0.15, 0.2) is 36.5 Å². The van der Waals surface area contributed by atoms with E-state index in [9.17, 15) is 4.79 Å². The maximum Gasteiger partial charge on any atom is 0.244 e. The SMILES string of the molecule is CN(Cc1cccc(C#N)c1)C(=O)Cn1ccc(N)n1. The van der Waals surface area contributed by atoms with E-state index in [4.69, 9.17) is 11.0 Å². The normalized spacial score (nSPS) is 10.0. The van der Waals surface area contributed by atoms with Gasteiger partial charge in [0, 0.05) is 19.8 Å². The van der Waals surface area contributed by atoms with E-state index < -0.39 is 0 Å². The number of likely N-dealkylation sites (N-methyl/N-ethyl adjacent to an activating group) is 1. The van der Waals surface area contributed by atoms with Gasteiger partial charge in [0.2, 0.25) is 5.91 Å². The summed E-state index contributed by atoms with van der Waals surface area (Å²) in [6.45, 7) is 0.594. The molecule has 0 aliphatic heterocycles. The van der Waals surface area contributed by atoms with Gasteiger partial charge < -0.3 is 10.6 Å². The molecule has 2 aromatic rings. The molecule has 0 spiro atoms. The maximum atomic E-state index is 12.0. The van der Waals surface area contributed by atoms with Crippen LogP contribution < -0.4 is 5.73 Å². The van der Waals surface area contributed by atoms with Gasteiger partial charge in [-0.25, -0.2) is 0 Å². The highest BCUT2D eigenvalue weighted by Gasteiger charge is 2.11. The molecule has 102 valence electrons. The van der Waals surface area contributed by atoms with Gasteiger partial charge in [0.05, 0.1) is 11.6 Å². The highest BCUT2D eigenvalue weighted by Crippen LogP contribution is 2.07. The van der Waals surface area contributed by atoms with Crippen LogP contribution in [0.4, 0.5) is 5.82 Å².